The van der Waals surface area contributed by atoms with Gasteiger partial charge in [0, 0.05) is 57.4 Å². The van der Waals surface area contributed by atoms with Crippen molar-refractivity contribution in [3.8, 4) is 11.5 Å². The lowest BCUT2D eigenvalue weighted by atomic mass is 10.1. The number of hydrogen-bond donors (Lipinski definition) is 0. The fourth-order valence-electron chi connectivity index (χ4n) is 4.48. The van der Waals surface area contributed by atoms with E-state index in [0.717, 1.165) is 18.1 Å². The van der Waals surface area contributed by atoms with Gasteiger partial charge >= 0.3 is 0 Å². The van der Waals surface area contributed by atoms with Crippen molar-refractivity contribution in [3.05, 3.63) is 120 Å². The van der Waals surface area contributed by atoms with E-state index in [-0.39, 0.29) is 10.9 Å². The Kier molecular flexibility index (Phi) is 7.08. The Bertz CT molecular complexity index is 1500. The minimum Gasteiger partial charge on any atom is -0.536 e. The zero-order valence-electron chi connectivity index (χ0n) is 20.4. The first-order valence-corrected chi connectivity index (χ1v) is 14.1. The lowest BCUT2D eigenvalue weighted by Crippen LogP contribution is -2.12. The van der Waals surface area contributed by atoms with Crippen molar-refractivity contribution in [2.75, 3.05) is 6.61 Å². The van der Waals surface area contributed by atoms with Gasteiger partial charge in [-0.2, -0.15) is 0 Å². The summed E-state index contributed by atoms with van der Waals surface area (Å²) >= 11 is 1.87. The van der Waals surface area contributed by atoms with Crippen molar-refractivity contribution in [2.24, 2.45) is 0 Å². The smallest absolute Gasteiger partial charge is 0.262 e. The first-order chi connectivity index (χ1) is 17.2. The third-order valence-corrected chi connectivity index (χ3v) is 9.54. The fourth-order valence-corrected chi connectivity index (χ4v) is 7.74. The van der Waals surface area contributed by atoms with Gasteiger partial charge in [0.05, 0.1) is 10.9 Å². The summed E-state index contributed by atoms with van der Waals surface area (Å²) in [5.41, 5.74) is 0. The van der Waals surface area contributed by atoms with E-state index >= 15 is 0 Å². The molecule has 1 unspecified atom stereocenters. The van der Waals surface area contributed by atoms with Gasteiger partial charge in [0.2, 0.25) is 0 Å². The van der Waals surface area contributed by atoms with Crippen molar-refractivity contribution >= 4 is 42.4 Å². The first-order valence-electron chi connectivity index (χ1n) is 12.0. The second-order valence-corrected chi connectivity index (χ2v) is 11.3. The van der Waals surface area contributed by atoms with Gasteiger partial charge in [-0.05, 0) is 56.3 Å². The highest BCUT2D eigenvalue weighted by atomic mass is 32.2. The van der Waals surface area contributed by atoms with Crippen LogP contribution in [0.4, 0.5) is 0 Å². The number of fused-ring (bicyclic) bond motifs is 3. The lowest BCUT2D eigenvalue weighted by molar-refractivity contribution is 0.122. The molecule has 0 spiro atoms. The topological polar surface area (TPSA) is 2.70 Å². The van der Waals surface area contributed by atoms with Gasteiger partial charge in [0.1, 0.15) is 0 Å². The van der Waals surface area contributed by atoms with E-state index in [0.29, 0.717) is 0 Å². The molecule has 0 saturated heterocycles. The second-order valence-electron chi connectivity index (χ2n) is 8.22. The molecule has 0 aliphatic rings. The molecule has 4 aromatic carbocycles. The molecule has 1 nitrogen and oxygen atoms in total. The van der Waals surface area contributed by atoms with Crippen LogP contribution in [0.2, 0.25) is 0 Å². The number of rotatable bonds is 7. The number of benzene rings is 4. The van der Waals surface area contributed by atoms with Crippen LogP contribution in [0.15, 0.2) is 130 Å². The molecule has 0 saturated carbocycles. The molecule has 1 aromatic heterocycles. The minimum absolute atomic E-state index is 0.154. The Balaban J connectivity index is 1.66. The van der Waals surface area contributed by atoms with Gasteiger partial charge in [-0.1, -0.05) is 42.5 Å². The van der Waals surface area contributed by atoms with Gasteiger partial charge in [-0.3, -0.25) is 0 Å². The molecule has 0 N–H and O–H groups in total. The van der Waals surface area contributed by atoms with Crippen LogP contribution in [0.25, 0.3) is 20.2 Å². The summed E-state index contributed by atoms with van der Waals surface area (Å²) < 4.78 is 6.02. The second kappa shape index (κ2) is 10.6. The van der Waals surface area contributed by atoms with Crippen LogP contribution in [0.3, 0.4) is 0 Å². The number of para-hydroxylation sites is 1. The molecular weight excluding hydrogens is 464 g/mol. The molecule has 5 aromatic rings. The van der Waals surface area contributed by atoms with E-state index in [2.05, 4.69) is 140 Å². The summed E-state index contributed by atoms with van der Waals surface area (Å²) in [6.07, 6.45) is 6.64. The molecule has 0 aliphatic carbocycles. The van der Waals surface area contributed by atoms with Gasteiger partial charge in [0.25, 0.3) is 11.5 Å². The largest absolute Gasteiger partial charge is 0.536 e. The van der Waals surface area contributed by atoms with Crippen LogP contribution in [-0.2, 0) is 10.9 Å². The zero-order valence-corrected chi connectivity index (χ0v) is 22.0. The molecule has 35 heavy (non-hydrogen) atoms. The monoisotopic (exact) mass is 494 g/mol. The summed E-state index contributed by atoms with van der Waals surface area (Å²) in [5.74, 6) is 2.30. The highest BCUT2D eigenvalue weighted by Gasteiger charge is 2.29. The molecule has 1 heterocycles. The molecule has 0 aliphatic heterocycles. The van der Waals surface area contributed by atoms with E-state index in [1.807, 2.05) is 11.3 Å². The van der Waals surface area contributed by atoms with E-state index in [1.165, 1.54) is 34.9 Å². The molecule has 5 rings (SSSR count). The summed E-state index contributed by atoms with van der Waals surface area (Å²) in [4.78, 5) is 4.04. The molecule has 0 radical (unpaired) electrons. The Morgan fingerprint density at radius 3 is 2.06 bits per heavy atom. The maximum atomic E-state index is 3.36. The van der Waals surface area contributed by atoms with Crippen LogP contribution in [-0.4, -0.2) is 6.61 Å². The minimum atomic E-state index is -0.154. The summed E-state index contributed by atoms with van der Waals surface area (Å²) in [5, 5.41) is 2.65. The molecule has 0 amide bonds. The number of thiophene rings is 1. The number of allylic oxidation sites excluding steroid dienone is 3. The van der Waals surface area contributed by atoms with Crippen LogP contribution in [0.1, 0.15) is 20.8 Å². The van der Waals surface area contributed by atoms with E-state index in [4.69, 9.17) is 0 Å². The van der Waals surface area contributed by atoms with E-state index in [9.17, 15) is 0 Å². The average molecular weight is 495 g/mol. The van der Waals surface area contributed by atoms with Crippen molar-refractivity contribution in [3.63, 3.8) is 0 Å². The summed E-state index contributed by atoms with van der Waals surface area (Å²) in [6, 6.07) is 35.3. The van der Waals surface area contributed by atoms with Crippen molar-refractivity contribution in [2.45, 2.75) is 30.6 Å². The van der Waals surface area contributed by atoms with Crippen LogP contribution in [0.5, 0.6) is 11.5 Å². The van der Waals surface area contributed by atoms with E-state index < -0.39 is 0 Å². The Morgan fingerprint density at radius 2 is 1.40 bits per heavy atom. The molecular formula is C32H30OS2+2. The predicted molar refractivity (Wildman–Crippen MR) is 155 cm³/mol. The highest BCUT2D eigenvalue weighted by molar-refractivity contribution is 8.00. The standard InChI is InChI=1S/C32H30OS2/c1-4-13-26(5-2)35(27-16-11-8-12-17-27)28-19-21-32-30(23-28)29-22-25(18-20-31(29)34-32)33(6-3)24-14-9-7-10-15-24/h4-5,7-23H,6H2,1-3H3/q+2/b13-4-,26-5+. The molecule has 0 fully saturated rings. The average Bonchev–Trinajstić information content (AvgIpc) is 3.27. The molecule has 0 bridgehead atoms. The molecule has 174 valence electrons. The van der Waals surface area contributed by atoms with Gasteiger partial charge < -0.3 is 4.37 Å². The SMILES string of the molecule is C/C=C\C(=C/C)[S+](c1ccccc1)c1ccc2sc3ccc([O+](CC)c4ccccc4)cc3c2c1. The fraction of sp³-hybridized carbons (Fsp3) is 0.125. The van der Waals surface area contributed by atoms with Crippen molar-refractivity contribution in [1.82, 2.24) is 0 Å². The van der Waals surface area contributed by atoms with Gasteiger partial charge in [-0.15, -0.1) is 11.3 Å². The van der Waals surface area contributed by atoms with Crippen molar-refractivity contribution in [1.29, 1.82) is 0 Å². The lowest BCUT2D eigenvalue weighted by Gasteiger charge is -2.21. The first kappa shape index (κ1) is 23.5. The van der Waals surface area contributed by atoms with Gasteiger partial charge in [-0.25, -0.2) is 0 Å². The van der Waals surface area contributed by atoms with E-state index in [1.54, 1.807) is 0 Å². The Morgan fingerprint density at radius 1 is 0.743 bits per heavy atom. The van der Waals surface area contributed by atoms with Gasteiger partial charge in [0.15, 0.2) is 21.3 Å². The molecule has 1 atom stereocenters. The Labute approximate surface area is 215 Å². The van der Waals surface area contributed by atoms with Crippen molar-refractivity contribution < 1.29 is 4.37 Å². The summed E-state index contributed by atoms with van der Waals surface area (Å²) in [6.45, 7) is 7.26. The third-order valence-electron chi connectivity index (χ3n) is 6.08. The number of hydrogen-bond acceptors (Lipinski definition) is 1. The van der Waals surface area contributed by atoms with Crippen LogP contribution in [0, 0.1) is 0 Å². The Hall–Kier alpha value is -3.27. The predicted octanol–water partition coefficient (Wildman–Crippen LogP) is 9.92. The normalized spacial score (nSPS) is 13.1. The highest BCUT2D eigenvalue weighted by Crippen LogP contribution is 2.41. The summed E-state index contributed by atoms with van der Waals surface area (Å²) in [7, 11) is -0.154. The van der Waals surface area contributed by atoms with Crippen LogP contribution >= 0.6 is 11.3 Å². The van der Waals surface area contributed by atoms with Crippen LogP contribution < -0.4 is 4.37 Å². The maximum absolute atomic E-state index is 3.36. The quantitative estimate of drug-likeness (QED) is 0.156. The third kappa shape index (κ3) is 4.67. The zero-order chi connectivity index (χ0) is 24.2. The maximum Gasteiger partial charge on any atom is 0.262 e. The molecule has 3 heteroatoms.